The first kappa shape index (κ1) is 6.91. The summed E-state index contributed by atoms with van der Waals surface area (Å²) in [7, 11) is 0. The van der Waals surface area contributed by atoms with E-state index in [9.17, 15) is 0 Å². The fourth-order valence-electron chi connectivity index (χ4n) is 0.323. The minimum atomic E-state index is 0.373. The van der Waals surface area contributed by atoms with Crippen LogP contribution in [-0.2, 0) is 0 Å². The Kier molecular flexibility index (Phi) is 3.05. The van der Waals surface area contributed by atoms with Crippen LogP contribution >= 0.6 is 65.9 Å². The lowest BCUT2D eigenvalue weighted by Crippen LogP contribution is -1.71. The SMILES string of the molecule is IC1=CI=C(I)C1. The molecule has 1 aliphatic heterocycles. The molecule has 0 saturated carbocycles. The number of allylic oxidation sites excluding steroid dienone is 1. The molecule has 0 aromatic rings. The molecule has 1 rings (SSSR count). The molecule has 0 aromatic carbocycles. The average molecular weight is 432 g/mol. The molecule has 0 N–H and O–H groups in total. The van der Waals surface area contributed by atoms with Crippen LogP contribution in [0.5, 0.6) is 0 Å². The first-order chi connectivity index (χ1) is 3.29. The van der Waals surface area contributed by atoms with E-state index < -0.39 is 0 Å². The number of hydrogen-bond donors (Lipinski definition) is 0. The molecule has 7 heavy (non-hydrogen) atoms. The number of rotatable bonds is 0. The normalized spacial score (nSPS) is 20.3. The zero-order valence-electron chi connectivity index (χ0n) is 3.42. The van der Waals surface area contributed by atoms with Crippen LogP contribution in [0.25, 0.3) is 0 Å². The van der Waals surface area contributed by atoms with Crippen molar-refractivity contribution < 1.29 is 0 Å². The summed E-state index contributed by atoms with van der Waals surface area (Å²) in [5.41, 5.74) is 0. The summed E-state index contributed by atoms with van der Waals surface area (Å²) >= 11 is 5.24. The van der Waals surface area contributed by atoms with Gasteiger partial charge >= 0.3 is 0 Å². The van der Waals surface area contributed by atoms with E-state index in [0.717, 1.165) is 0 Å². The van der Waals surface area contributed by atoms with Crippen LogP contribution < -0.4 is 0 Å². The molecule has 1 aliphatic rings. The zero-order chi connectivity index (χ0) is 5.28. The lowest BCUT2D eigenvalue weighted by atomic mass is 10.5. The molecule has 40 valence electrons. The van der Waals surface area contributed by atoms with Crippen molar-refractivity contribution in [3.63, 3.8) is 0 Å². The summed E-state index contributed by atoms with van der Waals surface area (Å²) in [6.45, 7) is 0. The van der Waals surface area contributed by atoms with Gasteiger partial charge in [-0.3, -0.25) is 0 Å². The molecule has 0 spiro atoms. The maximum absolute atomic E-state index is 2.46. The van der Waals surface area contributed by atoms with Crippen molar-refractivity contribution in [2.24, 2.45) is 0 Å². The first-order valence-corrected chi connectivity index (χ1v) is 6.26. The lowest BCUT2D eigenvalue weighted by Gasteiger charge is -1.82. The Morgan fingerprint density at radius 3 is 2.43 bits per heavy atom. The molecule has 0 fully saturated rings. The highest BCUT2D eigenvalue weighted by atomic mass is 127. The summed E-state index contributed by atoms with van der Waals surface area (Å²) in [4.78, 5) is 0. The topological polar surface area (TPSA) is 0 Å². The van der Waals surface area contributed by atoms with Crippen LogP contribution in [-0.4, -0.2) is 1.52 Å². The summed E-state index contributed by atoms with van der Waals surface area (Å²) in [6, 6.07) is 0. The molecule has 0 amide bonds. The third-order valence-electron chi connectivity index (χ3n) is 0.594. The van der Waals surface area contributed by atoms with Crippen LogP contribution in [0.1, 0.15) is 6.42 Å². The van der Waals surface area contributed by atoms with Crippen molar-refractivity contribution in [1.29, 1.82) is 0 Å². The molecule has 0 atom stereocenters. The molecule has 0 bridgehead atoms. The third-order valence-corrected chi connectivity index (χ3v) is 6.56. The quantitative estimate of drug-likeness (QED) is 0.517. The zero-order valence-corrected chi connectivity index (χ0v) is 9.89. The van der Waals surface area contributed by atoms with Gasteiger partial charge in [-0.1, -0.05) is 20.7 Å². The van der Waals surface area contributed by atoms with Crippen LogP contribution in [0, 0.1) is 0 Å². The van der Waals surface area contributed by atoms with Gasteiger partial charge < -0.3 is 0 Å². The van der Waals surface area contributed by atoms with Gasteiger partial charge in [0, 0.05) is 11.5 Å². The van der Waals surface area contributed by atoms with Crippen LogP contribution in [0.3, 0.4) is 0 Å². The van der Waals surface area contributed by atoms with Crippen molar-refractivity contribution >= 4 is 67.4 Å². The van der Waals surface area contributed by atoms with Crippen LogP contribution in [0.4, 0.5) is 0 Å². The Morgan fingerprint density at radius 1 is 1.57 bits per heavy atom. The smallest absolute Gasteiger partial charge is 0.0286 e. The molecule has 0 aromatic heterocycles. The number of halogens is 3. The van der Waals surface area contributed by atoms with Gasteiger partial charge in [0.1, 0.15) is 0 Å². The number of hydrogen-bond acceptors (Lipinski definition) is 0. The molecule has 0 saturated heterocycles. The van der Waals surface area contributed by atoms with E-state index in [2.05, 4.69) is 49.3 Å². The van der Waals surface area contributed by atoms with Gasteiger partial charge in [-0.15, -0.1) is 0 Å². The molecule has 0 nitrogen and oxygen atoms in total. The van der Waals surface area contributed by atoms with Gasteiger partial charge in [-0.2, -0.15) is 0 Å². The second-order valence-corrected chi connectivity index (χ2v) is 8.48. The molecule has 3 heteroatoms. The minimum absolute atomic E-state index is 0.373. The first-order valence-electron chi connectivity index (χ1n) is 1.78. The van der Waals surface area contributed by atoms with E-state index in [1.165, 1.54) is 6.42 Å². The fourth-order valence-corrected chi connectivity index (χ4v) is 5.68. The second kappa shape index (κ2) is 3.09. The van der Waals surface area contributed by atoms with Gasteiger partial charge in [0.25, 0.3) is 0 Å². The second-order valence-electron chi connectivity index (χ2n) is 1.18. The predicted octanol–water partition coefficient (Wildman–Crippen LogP) is 3.20. The van der Waals surface area contributed by atoms with Gasteiger partial charge in [-0.25, -0.2) is 0 Å². The highest BCUT2D eigenvalue weighted by molar-refractivity contribution is 14.2. The molecule has 0 aliphatic carbocycles. The maximum Gasteiger partial charge on any atom is 0.0286 e. The monoisotopic (exact) mass is 432 g/mol. The highest BCUT2D eigenvalue weighted by Crippen LogP contribution is 2.29. The Hall–Kier alpha value is 1.80. The standard InChI is InChI=1S/C4H3I3/c5-3-1-4(6)7-2-3/h2H,1H2. The lowest BCUT2D eigenvalue weighted by molar-refractivity contribution is 1.58. The van der Waals surface area contributed by atoms with Crippen molar-refractivity contribution in [3.05, 3.63) is 7.66 Å². The van der Waals surface area contributed by atoms with Crippen LogP contribution in [0.2, 0.25) is 0 Å². The Labute approximate surface area is 80.2 Å². The van der Waals surface area contributed by atoms with Gasteiger partial charge in [0.05, 0.1) is 0 Å². The Morgan fingerprint density at radius 2 is 2.29 bits per heavy atom. The fraction of sp³-hybridized carbons (Fsp3) is 0.250. The van der Waals surface area contributed by atoms with Crippen LogP contribution in [0.15, 0.2) is 7.66 Å². The van der Waals surface area contributed by atoms with E-state index in [-0.39, 0.29) is 0 Å². The predicted molar refractivity (Wildman–Crippen MR) is 59.8 cm³/mol. The van der Waals surface area contributed by atoms with E-state index in [0.29, 0.717) is 20.7 Å². The summed E-state index contributed by atoms with van der Waals surface area (Å²) < 4.78 is 5.62. The van der Waals surface area contributed by atoms with Gasteiger partial charge in [0.15, 0.2) is 0 Å². The molecular weight excluding hydrogens is 429 g/mol. The molecule has 1 heterocycles. The molecular formula is C4H3I3. The van der Waals surface area contributed by atoms with Crippen molar-refractivity contribution in [2.45, 2.75) is 6.42 Å². The summed E-state index contributed by atoms with van der Waals surface area (Å²) in [6.07, 6.45) is 1.27. The van der Waals surface area contributed by atoms with Crippen molar-refractivity contribution in [1.82, 2.24) is 0 Å². The largest absolute Gasteiger partial charge is 0.0823 e. The molecule has 0 radical (unpaired) electrons. The highest BCUT2D eigenvalue weighted by Gasteiger charge is 2.00. The van der Waals surface area contributed by atoms with E-state index in [4.69, 9.17) is 0 Å². The van der Waals surface area contributed by atoms with E-state index >= 15 is 0 Å². The maximum atomic E-state index is 2.46. The van der Waals surface area contributed by atoms with E-state index in [1.54, 1.807) is 5.10 Å². The Balaban J connectivity index is 2.61. The Bertz CT molecular complexity index is 118. The minimum Gasteiger partial charge on any atom is -0.0823 e. The van der Waals surface area contributed by atoms with Gasteiger partial charge in [-0.05, 0) is 49.3 Å². The average Bonchev–Trinajstić information content (AvgIpc) is 1.87. The van der Waals surface area contributed by atoms with Crippen molar-refractivity contribution in [3.8, 4) is 0 Å². The summed E-state index contributed by atoms with van der Waals surface area (Å²) in [5.74, 6) is 0. The third kappa shape index (κ3) is 2.25. The molecule has 0 unspecified atom stereocenters. The van der Waals surface area contributed by atoms with Gasteiger partial charge in [0.2, 0.25) is 0 Å². The summed E-state index contributed by atoms with van der Waals surface area (Å²) in [5, 5.41) is 0. The van der Waals surface area contributed by atoms with Crippen molar-refractivity contribution in [2.75, 3.05) is 0 Å². The van der Waals surface area contributed by atoms with E-state index in [1.807, 2.05) is 0 Å².